The molecule has 0 saturated heterocycles. The van der Waals surface area contributed by atoms with Gasteiger partial charge in [-0.05, 0) is 31.5 Å². The van der Waals surface area contributed by atoms with E-state index >= 15 is 0 Å². The Bertz CT molecular complexity index is 411. The van der Waals surface area contributed by atoms with Gasteiger partial charge in [-0.2, -0.15) is 0 Å². The summed E-state index contributed by atoms with van der Waals surface area (Å²) in [6.07, 6.45) is 1.65. The van der Waals surface area contributed by atoms with Crippen LogP contribution < -0.4 is 10.2 Å². The van der Waals surface area contributed by atoms with E-state index in [1.165, 1.54) is 0 Å². The zero-order valence-electron chi connectivity index (χ0n) is 11.6. The lowest BCUT2D eigenvalue weighted by atomic mass is 10.1. The van der Waals surface area contributed by atoms with E-state index in [4.69, 9.17) is 0 Å². The third kappa shape index (κ3) is 4.10. The number of anilines is 1. The van der Waals surface area contributed by atoms with Gasteiger partial charge in [0, 0.05) is 25.3 Å². The predicted octanol–water partition coefficient (Wildman–Crippen LogP) is 2.43. The van der Waals surface area contributed by atoms with Crippen LogP contribution in [0.5, 0.6) is 0 Å². The molecule has 104 valence electrons. The van der Waals surface area contributed by atoms with Gasteiger partial charge < -0.3 is 10.0 Å². The van der Waals surface area contributed by atoms with Crippen LogP contribution >= 0.6 is 0 Å². The highest BCUT2D eigenvalue weighted by Gasteiger charge is 2.18. The summed E-state index contributed by atoms with van der Waals surface area (Å²) in [4.78, 5) is 13.4. The van der Waals surface area contributed by atoms with Gasteiger partial charge in [0.25, 0.3) is 0 Å². The first-order valence-electron chi connectivity index (χ1n) is 6.56. The summed E-state index contributed by atoms with van der Waals surface area (Å²) in [5.74, 6) is -0.877. The molecule has 0 fully saturated rings. The number of hydrogen-bond donors (Lipinski definition) is 2. The van der Waals surface area contributed by atoms with Gasteiger partial charge in [-0.15, -0.1) is 6.58 Å². The second-order valence-corrected chi connectivity index (χ2v) is 4.23. The van der Waals surface area contributed by atoms with Crippen LogP contribution in [-0.4, -0.2) is 30.7 Å². The minimum atomic E-state index is -0.877. The fourth-order valence-electron chi connectivity index (χ4n) is 2.02. The number of aliphatic carboxylic acids is 1. The van der Waals surface area contributed by atoms with Crippen molar-refractivity contribution in [1.82, 2.24) is 5.32 Å². The van der Waals surface area contributed by atoms with Crippen LogP contribution in [0.25, 0.3) is 0 Å². The van der Waals surface area contributed by atoms with Crippen molar-refractivity contribution in [3.05, 3.63) is 42.5 Å². The normalized spacial score (nSPS) is 11.9. The van der Waals surface area contributed by atoms with E-state index < -0.39 is 12.0 Å². The van der Waals surface area contributed by atoms with Crippen LogP contribution in [-0.2, 0) is 4.79 Å². The average Bonchev–Trinajstić information content (AvgIpc) is 2.42. The van der Waals surface area contributed by atoms with Crippen molar-refractivity contribution in [3.8, 4) is 0 Å². The van der Waals surface area contributed by atoms with Crippen LogP contribution in [0, 0.1) is 0 Å². The van der Waals surface area contributed by atoms with Crippen LogP contribution in [0.1, 0.15) is 25.5 Å². The summed E-state index contributed by atoms with van der Waals surface area (Å²) in [6.45, 7) is 10.1. The molecule has 0 aliphatic heterocycles. The number of rotatable bonds is 8. The highest BCUT2D eigenvalue weighted by atomic mass is 16.4. The van der Waals surface area contributed by atoms with E-state index in [1.54, 1.807) is 6.08 Å². The topological polar surface area (TPSA) is 52.6 Å². The maximum absolute atomic E-state index is 11.2. The Morgan fingerprint density at radius 3 is 2.37 bits per heavy atom. The molecular formula is C15H22N2O2. The molecule has 1 aromatic carbocycles. The fraction of sp³-hybridized carbons (Fsp3) is 0.400. The maximum Gasteiger partial charge on any atom is 0.325 e. The summed E-state index contributed by atoms with van der Waals surface area (Å²) in [5, 5.41) is 12.1. The summed E-state index contributed by atoms with van der Waals surface area (Å²) in [6, 6.07) is 6.97. The Balaban J connectivity index is 2.88. The van der Waals surface area contributed by atoms with Crippen molar-refractivity contribution >= 4 is 11.7 Å². The lowest BCUT2D eigenvalue weighted by molar-refractivity contribution is -0.139. The first-order chi connectivity index (χ1) is 9.13. The van der Waals surface area contributed by atoms with Crippen LogP contribution in [0.15, 0.2) is 36.9 Å². The van der Waals surface area contributed by atoms with Gasteiger partial charge in [0.05, 0.1) is 0 Å². The first-order valence-corrected chi connectivity index (χ1v) is 6.56. The Morgan fingerprint density at radius 1 is 1.37 bits per heavy atom. The predicted molar refractivity (Wildman–Crippen MR) is 78.6 cm³/mol. The van der Waals surface area contributed by atoms with Gasteiger partial charge in [-0.3, -0.25) is 10.1 Å². The van der Waals surface area contributed by atoms with Crippen molar-refractivity contribution < 1.29 is 9.90 Å². The van der Waals surface area contributed by atoms with E-state index in [0.717, 1.165) is 24.3 Å². The van der Waals surface area contributed by atoms with Crippen molar-refractivity contribution in [2.24, 2.45) is 0 Å². The number of benzene rings is 1. The molecule has 19 heavy (non-hydrogen) atoms. The van der Waals surface area contributed by atoms with Gasteiger partial charge in [0.2, 0.25) is 0 Å². The first kappa shape index (κ1) is 15.2. The molecule has 0 aliphatic rings. The fourth-order valence-corrected chi connectivity index (χ4v) is 2.02. The van der Waals surface area contributed by atoms with Crippen LogP contribution in [0.2, 0.25) is 0 Å². The van der Waals surface area contributed by atoms with Crippen LogP contribution in [0.4, 0.5) is 5.69 Å². The second kappa shape index (κ2) is 7.59. The number of hydrogen-bond acceptors (Lipinski definition) is 3. The zero-order valence-corrected chi connectivity index (χ0v) is 11.6. The third-order valence-corrected chi connectivity index (χ3v) is 3.07. The SMILES string of the molecule is C=CCNC(C(=O)O)c1ccc(N(CC)CC)cc1. The van der Waals surface area contributed by atoms with Crippen molar-refractivity contribution in [2.75, 3.05) is 24.5 Å². The third-order valence-electron chi connectivity index (χ3n) is 3.07. The number of nitrogens with one attached hydrogen (secondary N) is 1. The summed E-state index contributed by atoms with van der Waals surface area (Å²) >= 11 is 0. The molecule has 0 bridgehead atoms. The lowest BCUT2D eigenvalue weighted by Crippen LogP contribution is -2.28. The Morgan fingerprint density at radius 2 is 1.95 bits per heavy atom. The van der Waals surface area contributed by atoms with E-state index in [2.05, 4.69) is 30.6 Å². The summed E-state index contributed by atoms with van der Waals surface area (Å²) in [5.41, 5.74) is 1.87. The standard InChI is InChI=1S/C15H22N2O2/c1-4-11-16-14(15(18)19)12-7-9-13(10-8-12)17(5-2)6-3/h4,7-10,14,16H,1,5-6,11H2,2-3H3,(H,18,19). The summed E-state index contributed by atoms with van der Waals surface area (Å²) < 4.78 is 0. The Labute approximate surface area is 114 Å². The van der Waals surface area contributed by atoms with E-state index in [9.17, 15) is 9.90 Å². The number of carbonyl (C=O) groups is 1. The molecule has 1 unspecified atom stereocenters. The molecular weight excluding hydrogens is 240 g/mol. The molecule has 4 nitrogen and oxygen atoms in total. The van der Waals surface area contributed by atoms with Crippen molar-refractivity contribution in [2.45, 2.75) is 19.9 Å². The van der Waals surface area contributed by atoms with Gasteiger partial charge >= 0.3 is 5.97 Å². The number of carboxylic acids is 1. The molecule has 1 aromatic rings. The van der Waals surface area contributed by atoms with E-state index in [1.807, 2.05) is 24.3 Å². The molecule has 0 radical (unpaired) electrons. The van der Waals surface area contributed by atoms with Crippen molar-refractivity contribution in [1.29, 1.82) is 0 Å². The van der Waals surface area contributed by atoms with Gasteiger partial charge in [0.1, 0.15) is 6.04 Å². The smallest absolute Gasteiger partial charge is 0.325 e. The number of nitrogens with zero attached hydrogens (tertiary/aromatic N) is 1. The van der Waals surface area contributed by atoms with Gasteiger partial charge in [-0.25, -0.2) is 0 Å². The minimum Gasteiger partial charge on any atom is -0.480 e. The molecule has 4 heteroatoms. The Kier molecular flexibility index (Phi) is 6.09. The largest absolute Gasteiger partial charge is 0.480 e. The highest BCUT2D eigenvalue weighted by Crippen LogP contribution is 2.19. The van der Waals surface area contributed by atoms with Gasteiger partial charge in [-0.1, -0.05) is 18.2 Å². The van der Waals surface area contributed by atoms with E-state index in [-0.39, 0.29) is 0 Å². The monoisotopic (exact) mass is 262 g/mol. The van der Waals surface area contributed by atoms with E-state index in [0.29, 0.717) is 6.54 Å². The number of carboxylic acid groups (broad SMARTS) is 1. The minimum absolute atomic E-state index is 0.467. The Hall–Kier alpha value is -1.81. The molecule has 0 spiro atoms. The molecule has 1 atom stereocenters. The molecule has 0 aromatic heterocycles. The highest BCUT2D eigenvalue weighted by molar-refractivity contribution is 5.75. The lowest BCUT2D eigenvalue weighted by Gasteiger charge is -2.22. The maximum atomic E-state index is 11.2. The average molecular weight is 262 g/mol. The zero-order chi connectivity index (χ0) is 14.3. The molecule has 0 heterocycles. The molecule has 0 amide bonds. The molecule has 0 aliphatic carbocycles. The van der Waals surface area contributed by atoms with Crippen molar-refractivity contribution in [3.63, 3.8) is 0 Å². The molecule has 1 rings (SSSR count). The molecule has 2 N–H and O–H groups in total. The van der Waals surface area contributed by atoms with Gasteiger partial charge in [0.15, 0.2) is 0 Å². The quantitative estimate of drug-likeness (QED) is 0.707. The molecule has 0 saturated carbocycles. The summed E-state index contributed by atoms with van der Waals surface area (Å²) in [7, 11) is 0. The second-order valence-electron chi connectivity index (χ2n) is 4.23. The van der Waals surface area contributed by atoms with Crippen LogP contribution in [0.3, 0.4) is 0 Å².